The number of hydrogen-bond acceptors (Lipinski definition) is 2. The highest BCUT2D eigenvalue weighted by atomic mass is 79.9. The van der Waals surface area contributed by atoms with E-state index in [0.29, 0.717) is 27.1 Å². The molecule has 0 spiro atoms. The quantitative estimate of drug-likeness (QED) is 0.681. The number of anilines is 1. The second-order valence-electron chi connectivity index (χ2n) is 5.51. The van der Waals surface area contributed by atoms with Gasteiger partial charge in [0.2, 0.25) is 0 Å². The fourth-order valence-electron chi connectivity index (χ4n) is 2.58. The molecule has 0 saturated carbocycles. The predicted octanol–water partition coefficient (Wildman–Crippen LogP) is 4.78. The van der Waals surface area contributed by atoms with Crippen molar-refractivity contribution in [3.63, 3.8) is 0 Å². The van der Waals surface area contributed by atoms with Gasteiger partial charge in [-0.25, -0.2) is 13.5 Å². The van der Waals surface area contributed by atoms with Gasteiger partial charge in [-0.05, 0) is 56.3 Å². The first-order valence-corrected chi connectivity index (χ1v) is 8.24. The van der Waals surface area contributed by atoms with E-state index in [1.54, 1.807) is 36.7 Å². The molecule has 0 bridgehead atoms. The molecule has 3 aromatic rings. The van der Waals surface area contributed by atoms with Crippen molar-refractivity contribution in [2.75, 3.05) is 5.32 Å². The maximum atomic E-state index is 13.9. The van der Waals surface area contributed by atoms with Crippen LogP contribution in [0.2, 0.25) is 0 Å². The Kier molecular flexibility index (Phi) is 4.67. The molecule has 0 fully saturated rings. The lowest BCUT2D eigenvalue weighted by Crippen LogP contribution is -2.15. The number of nitrogens with zero attached hydrogens (tertiary/aromatic N) is 2. The normalized spacial score (nSPS) is 10.8. The Bertz CT molecular complexity index is 952. The van der Waals surface area contributed by atoms with Crippen LogP contribution in [0, 0.1) is 25.5 Å². The number of nitrogens with one attached hydrogen (secondary N) is 1. The van der Waals surface area contributed by atoms with Gasteiger partial charge in [-0.3, -0.25) is 4.79 Å². The molecule has 0 unspecified atom stereocenters. The van der Waals surface area contributed by atoms with Crippen molar-refractivity contribution >= 4 is 27.5 Å². The lowest BCUT2D eigenvalue weighted by Gasteiger charge is -2.08. The van der Waals surface area contributed by atoms with Crippen LogP contribution < -0.4 is 5.32 Å². The number of benzene rings is 2. The Balaban J connectivity index is 1.94. The van der Waals surface area contributed by atoms with Crippen molar-refractivity contribution in [2.45, 2.75) is 13.8 Å². The molecule has 128 valence electrons. The van der Waals surface area contributed by atoms with Gasteiger partial charge in [0.15, 0.2) is 0 Å². The third-order valence-electron chi connectivity index (χ3n) is 3.77. The lowest BCUT2D eigenvalue weighted by atomic mass is 10.1. The zero-order valence-electron chi connectivity index (χ0n) is 13.5. The van der Waals surface area contributed by atoms with Crippen LogP contribution >= 0.6 is 15.9 Å². The first-order valence-electron chi connectivity index (χ1n) is 7.45. The summed E-state index contributed by atoms with van der Waals surface area (Å²) >= 11 is 3.17. The molecule has 3 rings (SSSR count). The number of aromatic nitrogens is 2. The van der Waals surface area contributed by atoms with Crippen LogP contribution in [-0.2, 0) is 0 Å². The minimum absolute atomic E-state index is 0.0848. The smallest absolute Gasteiger partial charge is 0.259 e. The van der Waals surface area contributed by atoms with Crippen LogP contribution in [0.15, 0.2) is 46.9 Å². The number of carbonyl (C=O) groups excluding carboxylic acids is 1. The highest BCUT2D eigenvalue weighted by Gasteiger charge is 2.20. The summed E-state index contributed by atoms with van der Waals surface area (Å²) < 4.78 is 29.2. The Labute approximate surface area is 151 Å². The van der Waals surface area contributed by atoms with Crippen LogP contribution in [0.3, 0.4) is 0 Å². The van der Waals surface area contributed by atoms with Gasteiger partial charge in [-0.15, -0.1) is 0 Å². The summed E-state index contributed by atoms with van der Waals surface area (Å²) in [6, 6.07) is 10.2. The van der Waals surface area contributed by atoms with E-state index in [1.807, 2.05) is 0 Å². The summed E-state index contributed by atoms with van der Waals surface area (Å²) in [7, 11) is 0. The summed E-state index contributed by atoms with van der Waals surface area (Å²) in [6.45, 7) is 3.43. The van der Waals surface area contributed by atoms with Gasteiger partial charge >= 0.3 is 0 Å². The van der Waals surface area contributed by atoms with Crippen LogP contribution in [0.4, 0.5) is 14.5 Å². The van der Waals surface area contributed by atoms with Crippen LogP contribution in [0.25, 0.3) is 5.69 Å². The summed E-state index contributed by atoms with van der Waals surface area (Å²) in [5.74, 6) is -1.34. The van der Waals surface area contributed by atoms with Gasteiger partial charge in [0.05, 0.1) is 28.3 Å². The van der Waals surface area contributed by atoms with Crippen molar-refractivity contribution in [1.29, 1.82) is 0 Å². The summed E-state index contributed by atoms with van der Waals surface area (Å²) in [5, 5.41) is 6.90. The molecule has 1 aromatic heterocycles. The SMILES string of the molecule is Cc1nn(-c2ccc(F)cc2)c(C)c1C(=O)Nc1ccc(Br)cc1F. The standard InChI is InChI=1S/C18H14BrF2N3O/c1-10-17(18(25)22-16-8-3-12(19)9-15(16)21)11(2)24(23-10)14-6-4-13(20)5-7-14/h3-9H,1-2H3,(H,22,25). The van der Waals surface area contributed by atoms with E-state index in [1.165, 1.54) is 24.3 Å². The fraction of sp³-hybridized carbons (Fsp3) is 0.111. The molecule has 1 heterocycles. The van der Waals surface area contributed by atoms with Gasteiger partial charge < -0.3 is 5.32 Å². The van der Waals surface area contributed by atoms with Gasteiger partial charge in [-0.1, -0.05) is 15.9 Å². The largest absolute Gasteiger partial charge is 0.319 e. The second-order valence-corrected chi connectivity index (χ2v) is 6.43. The van der Waals surface area contributed by atoms with Gasteiger partial charge in [0.1, 0.15) is 11.6 Å². The van der Waals surface area contributed by atoms with Gasteiger partial charge in [0.25, 0.3) is 5.91 Å². The molecule has 1 amide bonds. The zero-order valence-corrected chi connectivity index (χ0v) is 15.1. The summed E-state index contributed by atoms with van der Waals surface area (Å²) in [6.07, 6.45) is 0. The number of aryl methyl sites for hydroxylation is 1. The van der Waals surface area contributed by atoms with E-state index >= 15 is 0 Å². The third kappa shape index (κ3) is 3.46. The summed E-state index contributed by atoms with van der Waals surface area (Å²) in [5.41, 5.74) is 2.15. The molecule has 1 N–H and O–H groups in total. The molecule has 2 aromatic carbocycles. The highest BCUT2D eigenvalue weighted by Crippen LogP contribution is 2.23. The van der Waals surface area contributed by atoms with Crippen LogP contribution in [0.1, 0.15) is 21.7 Å². The van der Waals surface area contributed by atoms with Crippen molar-refractivity contribution in [3.05, 3.63) is 75.5 Å². The van der Waals surface area contributed by atoms with E-state index in [0.717, 1.165) is 0 Å². The van der Waals surface area contributed by atoms with Crippen molar-refractivity contribution in [3.8, 4) is 5.69 Å². The highest BCUT2D eigenvalue weighted by molar-refractivity contribution is 9.10. The maximum absolute atomic E-state index is 13.9. The van der Waals surface area contributed by atoms with E-state index < -0.39 is 11.7 Å². The third-order valence-corrected chi connectivity index (χ3v) is 4.26. The van der Waals surface area contributed by atoms with E-state index in [2.05, 4.69) is 26.3 Å². The van der Waals surface area contributed by atoms with E-state index in [9.17, 15) is 13.6 Å². The molecular weight excluding hydrogens is 392 g/mol. The average molecular weight is 406 g/mol. The average Bonchev–Trinajstić information content (AvgIpc) is 2.85. The van der Waals surface area contributed by atoms with Crippen molar-refractivity contribution in [1.82, 2.24) is 9.78 Å². The molecule has 0 aliphatic carbocycles. The molecule has 0 aliphatic heterocycles. The van der Waals surface area contributed by atoms with E-state index in [4.69, 9.17) is 0 Å². The topological polar surface area (TPSA) is 46.9 Å². The molecule has 0 radical (unpaired) electrons. The molecule has 7 heteroatoms. The molecular formula is C18H14BrF2N3O. The van der Waals surface area contributed by atoms with E-state index in [-0.39, 0.29) is 11.5 Å². The maximum Gasteiger partial charge on any atom is 0.259 e. The Morgan fingerprint density at radius 2 is 1.80 bits per heavy atom. The Morgan fingerprint density at radius 1 is 1.12 bits per heavy atom. The monoisotopic (exact) mass is 405 g/mol. The zero-order chi connectivity index (χ0) is 18.1. The lowest BCUT2D eigenvalue weighted by molar-refractivity contribution is 0.102. The minimum atomic E-state index is -0.538. The minimum Gasteiger partial charge on any atom is -0.319 e. The van der Waals surface area contributed by atoms with Crippen LogP contribution in [0.5, 0.6) is 0 Å². The molecule has 0 aliphatic rings. The van der Waals surface area contributed by atoms with Crippen LogP contribution in [-0.4, -0.2) is 15.7 Å². The van der Waals surface area contributed by atoms with Crippen molar-refractivity contribution in [2.24, 2.45) is 0 Å². The number of amides is 1. The molecule has 0 saturated heterocycles. The molecule has 0 atom stereocenters. The number of rotatable bonds is 3. The summed E-state index contributed by atoms with van der Waals surface area (Å²) in [4.78, 5) is 12.6. The predicted molar refractivity (Wildman–Crippen MR) is 95.0 cm³/mol. The number of carbonyl (C=O) groups is 1. The Hall–Kier alpha value is -2.54. The van der Waals surface area contributed by atoms with Gasteiger partial charge in [0, 0.05) is 4.47 Å². The fourth-order valence-corrected chi connectivity index (χ4v) is 2.91. The Morgan fingerprint density at radius 3 is 2.44 bits per heavy atom. The molecule has 25 heavy (non-hydrogen) atoms. The first-order chi connectivity index (χ1) is 11.9. The second kappa shape index (κ2) is 6.76. The van der Waals surface area contributed by atoms with Crippen molar-refractivity contribution < 1.29 is 13.6 Å². The number of halogens is 3. The first kappa shape index (κ1) is 17.3. The number of hydrogen-bond donors (Lipinski definition) is 1. The van der Waals surface area contributed by atoms with Gasteiger partial charge in [-0.2, -0.15) is 5.10 Å². The molecule has 4 nitrogen and oxygen atoms in total.